The van der Waals surface area contributed by atoms with Crippen LogP contribution in [0.2, 0.25) is 0 Å². The zero-order chi connectivity index (χ0) is 14.6. The maximum Gasteiger partial charge on any atom is 0.237 e. The van der Waals surface area contributed by atoms with Gasteiger partial charge in [-0.25, -0.2) is 0 Å². The highest BCUT2D eigenvalue weighted by molar-refractivity contribution is 5.81. The van der Waals surface area contributed by atoms with Crippen molar-refractivity contribution < 1.29 is 9.90 Å². The molecule has 0 heterocycles. The number of nitrogens with one attached hydrogen (secondary N) is 2. The van der Waals surface area contributed by atoms with Gasteiger partial charge < -0.3 is 10.4 Å². The third-order valence-corrected chi connectivity index (χ3v) is 3.83. The van der Waals surface area contributed by atoms with Gasteiger partial charge in [0.2, 0.25) is 5.91 Å². The molecule has 0 aromatic carbocycles. The van der Waals surface area contributed by atoms with Crippen LogP contribution < -0.4 is 10.6 Å². The first-order chi connectivity index (χ1) is 8.05. The van der Waals surface area contributed by atoms with Crippen LogP contribution in [0.1, 0.15) is 61.3 Å². The van der Waals surface area contributed by atoms with Gasteiger partial charge in [-0.15, -0.1) is 0 Å². The zero-order valence-electron chi connectivity index (χ0n) is 12.9. The summed E-state index contributed by atoms with van der Waals surface area (Å²) < 4.78 is 0. The summed E-state index contributed by atoms with van der Waals surface area (Å²) >= 11 is 0. The molecule has 1 amide bonds. The Hall–Kier alpha value is -0.610. The van der Waals surface area contributed by atoms with Crippen LogP contribution in [-0.4, -0.2) is 34.2 Å². The second kappa shape index (κ2) is 6.53. The van der Waals surface area contributed by atoms with Crippen molar-refractivity contribution in [2.75, 3.05) is 0 Å². The Kier molecular flexibility index (Phi) is 6.30. The fourth-order valence-corrected chi connectivity index (χ4v) is 1.60. The van der Waals surface area contributed by atoms with E-state index in [-0.39, 0.29) is 18.0 Å². The molecule has 0 saturated carbocycles. The van der Waals surface area contributed by atoms with E-state index in [9.17, 15) is 9.90 Å². The molecule has 0 fully saturated rings. The van der Waals surface area contributed by atoms with E-state index in [0.717, 1.165) is 12.8 Å². The first kappa shape index (κ1) is 17.4. The molecule has 18 heavy (non-hydrogen) atoms. The molecular weight excluding hydrogens is 228 g/mol. The van der Waals surface area contributed by atoms with Gasteiger partial charge in [0.15, 0.2) is 0 Å². The van der Waals surface area contributed by atoms with E-state index in [4.69, 9.17) is 0 Å². The Labute approximate surface area is 112 Å². The number of carbonyl (C=O) groups is 1. The summed E-state index contributed by atoms with van der Waals surface area (Å²) in [5.41, 5.74) is -1.42. The normalized spacial score (nSPS) is 14.7. The van der Waals surface area contributed by atoms with Crippen LogP contribution in [0, 0.1) is 0 Å². The van der Waals surface area contributed by atoms with Crippen molar-refractivity contribution in [2.24, 2.45) is 0 Å². The number of amides is 1. The first-order valence-corrected chi connectivity index (χ1v) is 6.85. The molecular formula is C14H30N2O2. The fourth-order valence-electron chi connectivity index (χ4n) is 1.60. The van der Waals surface area contributed by atoms with Gasteiger partial charge in [0.1, 0.15) is 0 Å². The minimum absolute atomic E-state index is 0.0129. The van der Waals surface area contributed by atoms with E-state index in [1.807, 2.05) is 20.8 Å². The van der Waals surface area contributed by atoms with Crippen LogP contribution in [0.5, 0.6) is 0 Å². The number of aliphatic hydroxyl groups is 1. The smallest absolute Gasteiger partial charge is 0.237 e. The van der Waals surface area contributed by atoms with Gasteiger partial charge >= 0.3 is 0 Å². The van der Waals surface area contributed by atoms with Crippen molar-refractivity contribution in [1.82, 2.24) is 10.6 Å². The molecule has 3 N–H and O–H groups in total. The molecule has 1 atom stereocenters. The van der Waals surface area contributed by atoms with Crippen molar-refractivity contribution in [3.05, 3.63) is 0 Å². The highest BCUT2D eigenvalue weighted by Gasteiger charge is 2.37. The van der Waals surface area contributed by atoms with Gasteiger partial charge in [0.05, 0.1) is 11.6 Å². The predicted octanol–water partition coefficient (Wildman–Crippen LogP) is 1.82. The van der Waals surface area contributed by atoms with Crippen molar-refractivity contribution in [3.8, 4) is 0 Å². The van der Waals surface area contributed by atoms with Crippen LogP contribution in [0.25, 0.3) is 0 Å². The van der Waals surface area contributed by atoms with Crippen molar-refractivity contribution in [1.29, 1.82) is 0 Å². The van der Waals surface area contributed by atoms with Gasteiger partial charge in [-0.05, 0) is 47.5 Å². The lowest BCUT2D eigenvalue weighted by Gasteiger charge is -2.40. The molecule has 0 spiro atoms. The second-order valence-electron chi connectivity index (χ2n) is 6.07. The fraction of sp³-hybridized carbons (Fsp3) is 0.929. The summed E-state index contributed by atoms with van der Waals surface area (Å²) in [7, 11) is 0. The van der Waals surface area contributed by atoms with Crippen LogP contribution in [0.15, 0.2) is 0 Å². The maximum atomic E-state index is 12.0. The quantitative estimate of drug-likeness (QED) is 0.653. The van der Waals surface area contributed by atoms with Crippen molar-refractivity contribution in [2.45, 2.75) is 84.5 Å². The summed E-state index contributed by atoms with van der Waals surface area (Å²) in [6, 6.07) is -0.0981. The highest BCUT2D eigenvalue weighted by Crippen LogP contribution is 2.21. The largest absolute Gasteiger partial charge is 0.389 e. The van der Waals surface area contributed by atoms with Gasteiger partial charge in [0.25, 0.3) is 0 Å². The molecule has 4 heteroatoms. The average Bonchev–Trinajstić information content (AvgIpc) is 2.23. The van der Waals surface area contributed by atoms with E-state index in [2.05, 4.69) is 24.5 Å². The molecule has 0 aliphatic carbocycles. The standard InChI is InChI=1S/C14H30N2O2/c1-8-11(9-2)15-12(17)10(3)16-13(4,5)14(6,7)18/h10-11,16,18H,8-9H2,1-7H3,(H,15,17). The lowest BCUT2D eigenvalue weighted by atomic mass is 9.85. The summed E-state index contributed by atoms with van der Waals surface area (Å²) in [6.07, 6.45) is 1.87. The number of carbonyl (C=O) groups excluding carboxylic acids is 1. The molecule has 0 aliphatic rings. The van der Waals surface area contributed by atoms with Crippen LogP contribution in [-0.2, 0) is 4.79 Å². The van der Waals surface area contributed by atoms with Crippen LogP contribution in [0.4, 0.5) is 0 Å². The number of rotatable bonds is 7. The number of hydrogen-bond acceptors (Lipinski definition) is 3. The highest BCUT2D eigenvalue weighted by atomic mass is 16.3. The van der Waals surface area contributed by atoms with Gasteiger partial charge in [-0.3, -0.25) is 10.1 Å². The van der Waals surface area contributed by atoms with Crippen molar-refractivity contribution in [3.63, 3.8) is 0 Å². The Morgan fingerprint density at radius 1 is 1.17 bits per heavy atom. The molecule has 0 aromatic rings. The summed E-state index contributed by atoms with van der Waals surface area (Å²) in [5, 5.41) is 16.3. The zero-order valence-corrected chi connectivity index (χ0v) is 12.9. The SMILES string of the molecule is CCC(CC)NC(=O)C(C)NC(C)(C)C(C)(C)O. The molecule has 0 radical (unpaired) electrons. The third-order valence-electron chi connectivity index (χ3n) is 3.83. The molecule has 0 rings (SSSR count). The van der Waals surface area contributed by atoms with E-state index in [1.165, 1.54) is 0 Å². The minimum atomic E-state index is -0.892. The summed E-state index contributed by atoms with van der Waals surface area (Å²) in [5.74, 6) is -0.0129. The third kappa shape index (κ3) is 4.94. The summed E-state index contributed by atoms with van der Waals surface area (Å²) in [6.45, 7) is 13.2. The average molecular weight is 258 g/mol. The Morgan fingerprint density at radius 3 is 1.94 bits per heavy atom. The second-order valence-corrected chi connectivity index (χ2v) is 6.07. The molecule has 108 valence electrons. The van der Waals surface area contributed by atoms with Crippen LogP contribution >= 0.6 is 0 Å². The van der Waals surface area contributed by atoms with E-state index in [1.54, 1.807) is 13.8 Å². The topological polar surface area (TPSA) is 61.4 Å². The Bertz CT molecular complexity index is 265. The van der Waals surface area contributed by atoms with E-state index < -0.39 is 11.1 Å². The lowest BCUT2D eigenvalue weighted by molar-refractivity contribution is -0.124. The predicted molar refractivity (Wildman–Crippen MR) is 75.5 cm³/mol. The lowest BCUT2D eigenvalue weighted by Crippen LogP contribution is -2.61. The van der Waals surface area contributed by atoms with E-state index >= 15 is 0 Å². The van der Waals surface area contributed by atoms with Gasteiger partial charge in [0, 0.05) is 11.6 Å². The van der Waals surface area contributed by atoms with Gasteiger partial charge in [-0.1, -0.05) is 13.8 Å². The monoisotopic (exact) mass is 258 g/mol. The Balaban J connectivity index is 4.49. The van der Waals surface area contributed by atoms with E-state index in [0.29, 0.717) is 0 Å². The summed E-state index contributed by atoms with van der Waals surface area (Å²) in [4.78, 5) is 12.0. The first-order valence-electron chi connectivity index (χ1n) is 6.85. The van der Waals surface area contributed by atoms with Crippen molar-refractivity contribution >= 4 is 5.91 Å². The minimum Gasteiger partial charge on any atom is -0.389 e. The van der Waals surface area contributed by atoms with Gasteiger partial charge in [-0.2, -0.15) is 0 Å². The molecule has 0 saturated heterocycles. The molecule has 0 bridgehead atoms. The molecule has 1 unspecified atom stereocenters. The maximum absolute atomic E-state index is 12.0. The Morgan fingerprint density at radius 2 is 1.61 bits per heavy atom. The number of hydrogen-bond donors (Lipinski definition) is 3. The van der Waals surface area contributed by atoms with Crippen LogP contribution in [0.3, 0.4) is 0 Å². The molecule has 4 nitrogen and oxygen atoms in total. The molecule has 0 aromatic heterocycles. The molecule has 0 aliphatic heterocycles.